The smallest absolute Gasteiger partial charge is 0.267 e. The van der Waals surface area contributed by atoms with Crippen molar-refractivity contribution in [3.63, 3.8) is 0 Å². The van der Waals surface area contributed by atoms with Crippen LogP contribution < -0.4 is 5.32 Å². The summed E-state index contributed by atoms with van der Waals surface area (Å²) in [5.41, 5.74) is 0.586. The number of hydrogen-bond donors (Lipinski definition) is 2. The lowest BCUT2D eigenvalue weighted by molar-refractivity contribution is -0.139. The minimum absolute atomic E-state index is 0.000411. The number of hydrogen-bond acceptors (Lipinski definition) is 3. The Bertz CT molecular complexity index is 653. The molecule has 142 valence electrons. The second-order valence-electron chi connectivity index (χ2n) is 8.17. The fourth-order valence-electron chi connectivity index (χ4n) is 5.16. The van der Waals surface area contributed by atoms with Gasteiger partial charge in [0.2, 0.25) is 5.91 Å². The largest absolute Gasteiger partial charge is 0.357 e. The van der Waals surface area contributed by atoms with E-state index in [1.54, 1.807) is 12.3 Å². The highest BCUT2D eigenvalue weighted by atomic mass is 16.2. The SMILES string of the molecule is CCN1CCCC1CC(=O)N1CC(NC(=O)c2ccc[nH]2)CC12CCC2. The maximum absolute atomic E-state index is 13.1. The van der Waals surface area contributed by atoms with Crippen molar-refractivity contribution in [1.29, 1.82) is 0 Å². The molecule has 2 unspecified atom stereocenters. The average molecular weight is 358 g/mol. The minimum Gasteiger partial charge on any atom is -0.357 e. The van der Waals surface area contributed by atoms with Gasteiger partial charge in [0.1, 0.15) is 5.69 Å². The number of amides is 2. The number of aromatic nitrogens is 1. The van der Waals surface area contributed by atoms with Crippen molar-refractivity contribution in [2.75, 3.05) is 19.6 Å². The van der Waals surface area contributed by atoms with Gasteiger partial charge in [0.25, 0.3) is 5.91 Å². The molecule has 2 amide bonds. The second kappa shape index (κ2) is 7.06. The molecule has 1 spiro atoms. The first-order valence-electron chi connectivity index (χ1n) is 10.1. The number of H-pyrrole nitrogens is 1. The summed E-state index contributed by atoms with van der Waals surface area (Å²) in [5.74, 6) is 0.211. The molecule has 6 nitrogen and oxygen atoms in total. The molecule has 2 atom stereocenters. The number of aromatic amines is 1. The van der Waals surface area contributed by atoms with E-state index in [9.17, 15) is 9.59 Å². The molecule has 1 aliphatic carbocycles. The predicted octanol–water partition coefficient (Wildman–Crippen LogP) is 2.14. The van der Waals surface area contributed by atoms with E-state index in [-0.39, 0.29) is 23.4 Å². The Morgan fingerprint density at radius 1 is 1.35 bits per heavy atom. The Morgan fingerprint density at radius 2 is 2.19 bits per heavy atom. The molecular formula is C20H30N4O2. The van der Waals surface area contributed by atoms with Crippen LogP contribution in [0, 0.1) is 0 Å². The Labute approximate surface area is 155 Å². The van der Waals surface area contributed by atoms with Crippen LogP contribution in [-0.2, 0) is 4.79 Å². The number of nitrogens with one attached hydrogen (secondary N) is 2. The van der Waals surface area contributed by atoms with E-state index >= 15 is 0 Å². The maximum atomic E-state index is 13.1. The third-order valence-corrected chi connectivity index (χ3v) is 6.68. The quantitative estimate of drug-likeness (QED) is 0.847. The zero-order valence-corrected chi connectivity index (χ0v) is 15.7. The van der Waals surface area contributed by atoms with Crippen molar-refractivity contribution in [1.82, 2.24) is 20.1 Å². The summed E-state index contributed by atoms with van der Waals surface area (Å²) in [6.07, 6.45) is 8.96. The van der Waals surface area contributed by atoms with E-state index in [2.05, 4.69) is 27.0 Å². The standard InChI is InChI=1S/C20H30N4O2/c1-2-23-11-4-6-16(23)12-18(25)24-14-15(13-20(24)8-5-9-20)22-19(26)17-7-3-10-21-17/h3,7,10,15-16,21H,2,4-6,8-9,11-14H2,1H3,(H,22,26). The van der Waals surface area contributed by atoms with E-state index in [0.717, 1.165) is 38.8 Å². The van der Waals surface area contributed by atoms with Crippen molar-refractivity contribution < 1.29 is 9.59 Å². The molecule has 3 fully saturated rings. The van der Waals surface area contributed by atoms with Crippen LogP contribution in [0.3, 0.4) is 0 Å². The lowest BCUT2D eigenvalue weighted by Gasteiger charge is -2.46. The van der Waals surface area contributed by atoms with E-state index in [4.69, 9.17) is 0 Å². The topological polar surface area (TPSA) is 68.4 Å². The molecule has 2 N–H and O–H groups in total. The van der Waals surface area contributed by atoms with Crippen molar-refractivity contribution in [2.24, 2.45) is 0 Å². The molecule has 0 radical (unpaired) electrons. The van der Waals surface area contributed by atoms with Gasteiger partial charge < -0.3 is 20.1 Å². The highest BCUT2D eigenvalue weighted by Gasteiger charge is 2.51. The number of carbonyl (C=O) groups excluding carboxylic acids is 2. The Balaban J connectivity index is 1.40. The number of carbonyl (C=O) groups is 2. The van der Waals surface area contributed by atoms with Gasteiger partial charge in [-0.15, -0.1) is 0 Å². The first kappa shape index (κ1) is 17.6. The highest BCUT2D eigenvalue weighted by Crippen LogP contribution is 2.46. The van der Waals surface area contributed by atoms with Crippen molar-refractivity contribution in [3.8, 4) is 0 Å². The van der Waals surface area contributed by atoms with Gasteiger partial charge in [-0.1, -0.05) is 6.92 Å². The Hall–Kier alpha value is -1.82. The number of rotatable bonds is 5. The molecule has 3 heterocycles. The van der Waals surface area contributed by atoms with E-state index in [1.807, 2.05) is 6.07 Å². The van der Waals surface area contributed by atoms with Gasteiger partial charge in [-0.3, -0.25) is 9.59 Å². The van der Waals surface area contributed by atoms with Crippen LogP contribution in [0.5, 0.6) is 0 Å². The van der Waals surface area contributed by atoms with Crippen LogP contribution in [0.4, 0.5) is 0 Å². The molecule has 3 aliphatic rings. The van der Waals surface area contributed by atoms with Crippen LogP contribution in [0.1, 0.15) is 62.4 Å². The van der Waals surface area contributed by atoms with Crippen LogP contribution in [0.25, 0.3) is 0 Å². The molecule has 4 rings (SSSR count). The summed E-state index contributed by atoms with van der Waals surface area (Å²) < 4.78 is 0. The van der Waals surface area contributed by atoms with Crippen LogP contribution in [0.2, 0.25) is 0 Å². The van der Waals surface area contributed by atoms with Gasteiger partial charge in [-0.25, -0.2) is 0 Å². The van der Waals surface area contributed by atoms with Crippen molar-refractivity contribution in [3.05, 3.63) is 24.0 Å². The lowest BCUT2D eigenvalue weighted by atomic mass is 9.74. The first-order chi connectivity index (χ1) is 12.6. The van der Waals surface area contributed by atoms with Gasteiger partial charge in [0.05, 0.1) is 0 Å². The van der Waals surface area contributed by atoms with Crippen LogP contribution in [-0.4, -0.2) is 63.9 Å². The molecule has 1 aromatic heterocycles. The predicted molar refractivity (Wildman–Crippen MR) is 99.8 cm³/mol. The molecule has 2 saturated heterocycles. The summed E-state index contributed by atoms with van der Waals surface area (Å²) in [4.78, 5) is 33.0. The van der Waals surface area contributed by atoms with Crippen molar-refractivity contribution in [2.45, 2.75) is 69.5 Å². The van der Waals surface area contributed by atoms with Crippen LogP contribution in [0.15, 0.2) is 18.3 Å². The van der Waals surface area contributed by atoms with Gasteiger partial charge in [0.15, 0.2) is 0 Å². The summed E-state index contributed by atoms with van der Waals surface area (Å²) in [5, 5.41) is 3.13. The van der Waals surface area contributed by atoms with Gasteiger partial charge in [-0.05, 0) is 63.7 Å². The summed E-state index contributed by atoms with van der Waals surface area (Å²) in [6.45, 7) is 4.98. The Kier molecular flexibility index (Phi) is 4.78. The molecular weight excluding hydrogens is 328 g/mol. The normalized spacial score (nSPS) is 27.7. The third kappa shape index (κ3) is 3.15. The minimum atomic E-state index is -0.0725. The summed E-state index contributed by atoms with van der Waals surface area (Å²) in [6, 6.07) is 4.07. The second-order valence-corrected chi connectivity index (χ2v) is 8.17. The number of likely N-dealkylation sites (tertiary alicyclic amines) is 2. The molecule has 0 aromatic carbocycles. The molecule has 1 aromatic rings. The first-order valence-corrected chi connectivity index (χ1v) is 10.1. The molecule has 6 heteroatoms. The van der Waals surface area contributed by atoms with Gasteiger partial charge >= 0.3 is 0 Å². The summed E-state index contributed by atoms with van der Waals surface area (Å²) >= 11 is 0. The monoisotopic (exact) mass is 358 g/mol. The van der Waals surface area contributed by atoms with Gasteiger partial charge in [0, 0.05) is 36.8 Å². The van der Waals surface area contributed by atoms with Crippen LogP contribution >= 0.6 is 0 Å². The zero-order valence-electron chi connectivity index (χ0n) is 15.7. The zero-order chi connectivity index (χ0) is 18.1. The van der Waals surface area contributed by atoms with E-state index < -0.39 is 0 Å². The average Bonchev–Trinajstić information content (AvgIpc) is 3.33. The molecule has 0 bridgehead atoms. The van der Waals surface area contributed by atoms with Crippen molar-refractivity contribution >= 4 is 11.8 Å². The molecule has 2 aliphatic heterocycles. The Morgan fingerprint density at radius 3 is 2.85 bits per heavy atom. The fraction of sp³-hybridized carbons (Fsp3) is 0.700. The molecule has 1 saturated carbocycles. The number of nitrogens with zero attached hydrogens (tertiary/aromatic N) is 2. The van der Waals surface area contributed by atoms with Gasteiger partial charge in [-0.2, -0.15) is 0 Å². The maximum Gasteiger partial charge on any atom is 0.267 e. The highest BCUT2D eigenvalue weighted by molar-refractivity contribution is 5.92. The fourth-order valence-corrected chi connectivity index (χ4v) is 5.16. The third-order valence-electron chi connectivity index (χ3n) is 6.68. The molecule has 26 heavy (non-hydrogen) atoms. The van der Waals surface area contributed by atoms with E-state index in [0.29, 0.717) is 24.7 Å². The summed E-state index contributed by atoms with van der Waals surface area (Å²) in [7, 11) is 0. The van der Waals surface area contributed by atoms with E-state index in [1.165, 1.54) is 12.8 Å². The lowest BCUT2D eigenvalue weighted by Crippen LogP contribution is -2.53.